The van der Waals surface area contributed by atoms with Crippen molar-refractivity contribution in [3.8, 4) is 0 Å². The molecule has 1 atom stereocenters. The predicted octanol–water partition coefficient (Wildman–Crippen LogP) is 1.84. The summed E-state index contributed by atoms with van der Waals surface area (Å²) in [5.41, 5.74) is 4.67. The number of rotatable bonds is 10. The first kappa shape index (κ1) is 19.4. The fraction of sp³-hybridized carbons (Fsp3) is 0.933. The van der Waals surface area contributed by atoms with Crippen LogP contribution in [0.25, 0.3) is 0 Å². The maximum atomic E-state index is 11.5. The minimum absolute atomic E-state index is 0.130. The Morgan fingerprint density at radius 3 is 2.20 bits per heavy atom. The average molecular weight is 288 g/mol. The van der Waals surface area contributed by atoms with Gasteiger partial charge in [-0.25, -0.2) is 0 Å². The number of carbonyl (C=O) groups excluding carboxylic acids is 1. The molecule has 0 aromatic rings. The molecule has 0 saturated heterocycles. The van der Waals surface area contributed by atoms with E-state index in [0.717, 1.165) is 6.42 Å². The molecule has 0 radical (unpaired) electrons. The Kier molecular flexibility index (Phi) is 8.32. The van der Waals surface area contributed by atoms with Crippen LogP contribution >= 0.6 is 0 Å². The van der Waals surface area contributed by atoms with Gasteiger partial charge >= 0.3 is 0 Å². The molecule has 0 aliphatic rings. The van der Waals surface area contributed by atoms with Crippen LogP contribution in [0.1, 0.15) is 54.4 Å². The third-order valence-corrected chi connectivity index (χ3v) is 2.88. The number of hydrogen-bond acceptors (Lipinski definition) is 4. The number of hydrogen-bond donors (Lipinski definition) is 2. The lowest BCUT2D eigenvalue weighted by Gasteiger charge is -2.29. The number of carbonyl (C=O) groups is 1. The maximum absolute atomic E-state index is 11.5. The summed E-state index contributed by atoms with van der Waals surface area (Å²) in [6, 6.07) is 0.216. The van der Waals surface area contributed by atoms with E-state index in [4.69, 9.17) is 15.2 Å². The molecule has 3 N–H and O–H groups in total. The third kappa shape index (κ3) is 9.28. The highest BCUT2D eigenvalue weighted by atomic mass is 16.5. The van der Waals surface area contributed by atoms with Crippen LogP contribution in [0.4, 0.5) is 0 Å². The average Bonchev–Trinajstić information content (AvgIpc) is 2.25. The molecule has 0 spiro atoms. The van der Waals surface area contributed by atoms with Gasteiger partial charge in [0.25, 0.3) is 0 Å². The van der Waals surface area contributed by atoms with Crippen molar-refractivity contribution in [1.29, 1.82) is 0 Å². The van der Waals surface area contributed by atoms with Crippen LogP contribution in [0.15, 0.2) is 0 Å². The molecule has 1 amide bonds. The predicted molar refractivity (Wildman–Crippen MR) is 81.6 cm³/mol. The lowest BCUT2D eigenvalue weighted by Crippen LogP contribution is -2.55. The highest BCUT2D eigenvalue weighted by Gasteiger charge is 2.30. The van der Waals surface area contributed by atoms with E-state index in [0.29, 0.717) is 26.2 Å². The van der Waals surface area contributed by atoms with Gasteiger partial charge in [-0.05, 0) is 54.4 Å². The van der Waals surface area contributed by atoms with Gasteiger partial charge in [0.2, 0.25) is 5.91 Å². The van der Waals surface area contributed by atoms with Crippen LogP contribution in [-0.2, 0) is 14.3 Å². The summed E-state index contributed by atoms with van der Waals surface area (Å²) < 4.78 is 11.1. The normalized spacial score (nSPS) is 15.3. The van der Waals surface area contributed by atoms with Gasteiger partial charge in [-0.2, -0.15) is 0 Å². The number of ether oxygens (including phenoxy) is 2. The Balaban J connectivity index is 3.83. The zero-order valence-electron chi connectivity index (χ0n) is 13.9. The molecule has 120 valence electrons. The van der Waals surface area contributed by atoms with Crippen molar-refractivity contribution in [1.82, 2.24) is 5.32 Å². The lowest BCUT2D eigenvalue weighted by atomic mass is 9.94. The van der Waals surface area contributed by atoms with E-state index >= 15 is 0 Å². The van der Waals surface area contributed by atoms with Crippen LogP contribution in [-0.4, -0.2) is 42.9 Å². The summed E-state index contributed by atoms with van der Waals surface area (Å²) in [5.74, 6) is -0.317. The van der Waals surface area contributed by atoms with E-state index in [-0.39, 0.29) is 17.6 Å². The van der Waals surface area contributed by atoms with E-state index in [2.05, 4.69) is 5.32 Å². The van der Waals surface area contributed by atoms with Crippen LogP contribution < -0.4 is 11.1 Å². The Bertz CT molecular complexity index is 287. The smallest absolute Gasteiger partial charge is 0.237 e. The maximum Gasteiger partial charge on any atom is 0.237 e. The monoisotopic (exact) mass is 288 g/mol. The van der Waals surface area contributed by atoms with E-state index in [1.807, 2.05) is 41.5 Å². The van der Waals surface area contributed by atoms with Gasteiger partial charge in [-0.1, -0.05) is 0 Å². The van der Waals surface area contributed by atoms with Gasteiger partial charge in [0.1, 0.15) is 0 Å². The van der Waals surface area contributed by atoms with Gasteiger partial charge in [-0.15, -0.1) is 0 Å². The van der Waals surface area contributed by atoms with E-state index in [1.165, 1.54) is 0 Å². The van der Waals surface area contributed by atoms with Gasteiger partial charge < -0.3 is 20.5 Å². The molecule has 0 aliphatic heterocycles. The Labute approximate surface area is 123 Å². The van der Waals surface area contributed by atoms with Crippen molar-refractivity contribution in [2.45, 2.75) is 71.6 Å². The summed E-state index contributed by atoms with van der Waals surface area (Å²) in [7, 11) is 0. The van der Waals surface area contributed by atoms with E-state index in [9.17, 15) is 4.79 Å². The second kappa shape index (κ2) is 8.60. The van der Waals surface area contributed by atoms with Crippen LogP contribution in [0, 0.1) is 0 Å². The van der Waals surface area contributed by atoms with Crippen LogP contribution in [0.2, 0.25) is 0 Å². The second-order valence-corrected chi connectivity index (χ2v) is 6.67. The highest BCUT2D eigenvalue weighted by Crippen LogP contribution is 2.13. The first-order valence-corrected chi connectivity index (χ1v) is 7.36. The van der Waals surface area contributed by atoms with Crippen molar-refractivity contribution in [3.05, 3.63) is 0 Å². The van der Waals surface area contributed by atoms with Gasteiger partial charge in [0, 0.05) is 12.6 Å². The Morgan fingerprint density at radius 1 is 1.15 bits per heavy atom. The molecule has 0 bridgehead atoms. The molecule has 0 aliphatic carbocycles. The Morgan fingerprint density at radius 2 is 1.75 bits per heavy atom. The van der Waals surface area contributed by atoms with Crippen molar-refractivity contribution in [3.63, 3.8) is 0 Å². The standard InChI is InChI=1S/C15H32N2O3/c1-12(2)17-15(6,13(16)18)8-7-9-19-10-11-20-14(3,4)5/h12,17H,7-11H2,1-6H3,(H2,16,18). The van der Waals surface area contributed by atoms with Gasteiger partial charge in [0.15, 0.2) is 0 Å². The van der Waals surface area contributed by atoms with E-state index in [1.54, 1.807) is 0 Å². The molecule has 0 fully saturated rings. The fourth-order valence-corrected chi connectivity index (χ4v) is 1.94. The van der Waals surface area contributed by atoms with Gasteiger partial charge in [0.05, 0.1) is 24.4 Å². The first-order valence-electron chi connectivity index (χ1n) is 7.36. The first-order chi connectivity index (χ1) is 9.07. The molecule has 0 aromatic heterocycles. The quantitative estimate of drug-likeness (QED) is 0.602. The molecular formula is C15H32N2O3. The zero-order chi connectivity index (χ0) is 15.8. The summed E-state index contributed by atoms with van der Waals surface area (Å²) in [6.07, 6.45) is 1.45. The summed E-state index contributed by atoms with van der Waals surface area (Å²) in [5, 5.41) is 3.22. The minimum atomic E-state index is -0.667. The molecule has 20 heavy (non-hydrogen) atoms. The fourth-order valence-electron chi connectivity index (χ4n) is 1.94. The van der Waals surface area contributed by atoms with Crippen LogP contribution in [0.5, 0.6) is 0 Å². The van der Waals surface area contributed by atoms with Crippen LogP contribution in [0.3, 0.4) is 0 Å². The summed E-state index contributed by atoms with van der Waals surface area (Å²) >= 11 is 0. The largest absolute Gasteiger partial charge is 0.379 e. The third-order valence-electron chi connectivity index (χ3n) is 2.88. The number of nitrogens with two attached hydrogens (primary N) is 1. The minimum Gasteiger partial charge on any atom is -0.379 e. The molecular weight excluding hydrogens is 256 g/mol. The van der Waals surface area contributed by atoms with Crippen molar-refractivity contribution in [2.24, 2.45) is 5.73 Å². The number of amides is 1. The molecule has 0 rings (SSSR count). The summed E-state index contributed by atoms with van der Waals surface area (Å²) in [6.45, 7) is 13.7. The SMILES string of the molecule is CC(C)NC(C)(CCCOCCOC(C)(C)C)C(N)=O. The molecule has 5 heteroatoms. The van der Waals surface area contributed by atoms with E-state index < -0.39 is 5.54 Å². The van der Waals surface area contributed by atoms with Gasteiger partial charge in [-0.3, -0.25) is 4.79 Å². The molecule has 5 nitrogen and oxygen atoms in total. The van der Waals surface area contributed by atoms with Crippen molar-refractivity contribution in [2.75, 3.05) is 19.8 Å². The molecule has 0 saturated carbocycles. The zero-order valence-corrected chi connectivity index (χ0v) is 13.9. The Hall–Kier alpha value is -0.650. The summed E-state index contributed by atoms with van der Waals surface area (Å²) in [4.78, 5) is 11.5. The topological polar surface area (TPSA) is 73.6 Å². The highest BCUT2D eigenvalue weighted by molar-refractivity contribution is 5.84. The second-order valence-electron chi connectivity index (χ2n) is 6.67. The van der Waals surface area contributed by atoms with Crippen molar-refractivity contribution >= 4 is 5.91 Å². The molecule has 1 unspecified atom stereocenters. The lowest BCUT2D eigenvalue weighted by molar-refractivity contribution is -0.124. The molecule has 0 aromatic carbocycles. The number of nitrogens with one attached hydrogen (secondary N) is 1. The molecule has 0 heterocycles. The van der Waals surface area contributed by atoms with Crippen molar-refractivity contribution < 1.29 is 14.3 Å². The number of primary amides is 1.